The van der Waals surface area contributed by atoms with Crippen molar-refractivity contribution >= 4 is 23.4 Å². The van der Waals surface area contributed by atoms with Crippen LogP contribution in [0.25, 0.3) is 0 Å². The Labute approximate surface area is 248 Å². The van der Waals surface area contributed by atoms with Gasteiger partial charge in [0.25, 0.3) is 0 Å². The Hall–Kier alpha value is -3.79. The zero-order chi connectivity index (χ0) is 30.4. The molecule has 11 heteroatoms. The fourth-order valence-corrected chi connectivity index (χ4v) is 3.85. The highest BCUT2D eigenvalue weighted by Crippen LogP contribution is 2.24. The van der Waals surface area contributed by atoms with Crippen LogP contribution in [-0.4, -0.2) is 77.1 Å². The minimum Gasteiger partial charge on any atom is -0.379 e. The van der Waals surface area contributed by atoms with Crippen molar-refractivity contribution in [2.24, 2.45) is 5.84 Å². The van der Waals surface area contributed by atoms with Gasteiger partial charge in [-0.1, -0.05) is 42.3 Å². The number of hydrazine groups is 1. The molecule has 4 N–H and O–H groups in total. The molecule has 0 atom stereocenters. The number of benzene rings is 2. The lowest BCUT2D eigenvalue weighted by atomic mass is 10.1. The van der Waals surface area contributed by atoms with Gasteiger partial charge in [0.05, 0.1) is 65.8 Å². The van der Waals surface area contributed by atoms with Crippen molar-refractivity contribution in [3.05, 3.63) is 65.2 Å². The molecule has 2 aromatic carbocycles. The number of hydrogen-bond donors (Lipinski definition) is 3. The van der Waals surface area contributed by atoms with E-state index in [-0.39, 0.29) is 43.6 Å². The standard InChI is InChI=1S/C31H42N4O7/c1-3-26-9-5-6-10-27(26)24-35(28-11-7-4-8-25(28)2)31(38)13-12-29(36)33-15-17-40-19-21-42-23-22-41-20-18-39-16-14-30(37)34-32/h1,4-11H,12-24,32H2,2H3,(H,33,36)(H,34,37). The molecule has 2 aromatic rings. The van der Waals surface area contributed by atoms with E-state index >= 15 is 0 Å². The Balaban J connectivity index is 1.58. The molecule has 0 saturated heterocycles. The van der Waals surface area contributed by atoms with Crippen LogP contribution in [-0.2, 0) is 39.9 Å². The van der Waals surface area contributed by atoms with Gasteiger partial charge in [-0.3, -0.25) is 19.8 Å². The van der Waals surface area contributed by atoms with Crippen molar-refractivity contribution in [1.82, 2.24) is 10.7 Å². The second-order valence-corrected chi connectivity index (χ2v) is 9.18. The van der Waals surface area contributed by atoms with Crippen molar-refractivity contribution in [2.75, 3.05) is 64.3 Å². The molecule has 0 fully saturated rings. The number of rotatable bonds is 21. The summed E-state index contributed by atoms with van der Waals surface area (Å²) in [7, 11) is 0. The van der Waals surface area contributed by atoms with E-state index in [0.717, 1.165) is 22.4 Å². The largest absolute Gasteiger partial charge is 0.379 e. The van der Waals surface area contributed by atoms with E-state index in [9.17, 15) is 14.4 Å². The average Bonchev–Trinajstić information content (AvgIpc) is 3.01. The lowest BCUT2D eigenvalue weighted by Gasteiger charge is -2.25. The number of ether oxygens (including phenoxy) is 4. The Morgan fingerprint density at radius 3 is 2.02 bits per heavy atom. The maximum atomic E-state index is 13.3. The lowest BCUT2D eigenvalue weighted by molar-refractivity contribution is -0.125. The minimum absolute atomic E-state index is 0.0622. The molecule has 42 heavy (non-hydrogen) atoms. The zero-order valence-electron chi connectivity index (χ0n) is 24.3. The number of terminal acetylenes is 1. The van der Waals surface area contributed by atoms with E-state index in [4.69, 9.17) is 31.2 Å². The maximum absolute atomic E-state index is 13.3. The number of nitrogens with one attached hydrogen (secondary N) is 2. The van der Waals surface area contributed by atoms with Crippen LogP contribution >= 0.6 is 0 Å². The number of para-hydroxylation sites is 1. The van der Waals surface area contributed by atoms with Gasteiger partial charge in [-0.25, -0.2) is 5.84 Å². The van der Waals surface area contributed by atoms with Crippen molar-refractivity contribution in [3.8, 4) is 12.3 Å². The van der Waals surface area contributed by atoms with E-state index in [0.29, 0.717) is 59.3 Å². The van der Waals surface area contributed by atoms with E-state index in [1.165, 1.54) is 0 Å². The van der Waals surface area contributed by atoms with Crippen LogP contribution in [0.1, 0.15) is 36.0 Å². The van der Waals surface area contributed by atoms with Gasteiger partial charge in [-0.2, -0.15) is 0 Å². The molecule has 0 aliphatic rings. The summed E-state index contributed by atoms with van der Waals surface area (Å²) >= 11 is 0. The van der Waals surface area contributed by atoms with Gasteiger partial charge in [-0.05, 0) is 30.2 Å². The molecule has 2 rings (SSSR count). The predicted octanol–water partition coefficient (Wildman–Crippen LogP) is 1.85. The van der Waals surface area contributed by atoms with Crippen LogP contribution < -0.4 is 21.5 Å². The molecule has 228 valence electrons. The van der Waals surface area contributed by atoms with Crippen molar-refractivity contribution < 1.29 is 33.3 Å². The fourth-order valence-electron chi connectivity index (χ4n) is 3.85. The van der Waals surface area contributed by atoms with Gasteiger partial charge in [0, 0.05) is 30.6 Å². The molecule has 0 radical (unpaired) electrons. The normalized spacial score (nSPS) is 10.6. The summed E-state index contributed by atoms with van der Waals surface area (Å²) in [5.41, 5.74) is 5.38. The van der Waals surface area contributed by atoms with E-state index < -0.39 is 0 Å². The topological polar surface area (TPSA) is 141 Å². The van der Waals surface area contributed by atoms with Crippen LogP contribution in [0.15, 0.2) is 48.5 Å². The molecule has 0 spiro atoms. The zero-order valence-corrected chi connectivity index (χ0v) is 24.3. The number of carbonyl (C=O) groups excluding carboxylic acids is 3. The van der Waals surface area contributed by atoms with Gasteiger partial charge >= 0.3 is 0 Å². The molecular formula is C31H42N4O7. The molecule has 11 nitrogen and oxygen atoms in total. The van der Waals surface area contributed by atoms with Crippen LogP contribution in [0.4, 0.5) is 5.69 Å². The second kappa shape index (κ2) is 21.0. The Morgan fingerprint density at radius 2 is 1.38 bits per heavy atom. The molecule has 0 aliphatic heterocycles. The molecule has 0 aromatic heterocycles. The number of nitrogens with two attached hydrogens (primary N) is 1. The van der Waals surface area contributed by atoms with Gasteiger partial charge in [0.1, 0.15) is 0 Å². The Bertz CT molecular complexity index is 1150. The third-order valence-corrected chi connectivity index (χ3v) is 6.09. The molecule has 0 aliphatic carbocycles. The Kier molecular flexibility index (Phi) is 17.2. The van der Waals surface area contributed by atoms with Crippen molar-refractivity contribution in [1.29, 1.82) is 0 Å². The van der Waals surface area contributed by atoms with E-state index in [1.807, 2.05) is 60.9 Å². The summed E-state index contributed by atoms with van der Waals surface area (Å²) < 4.78 is 21.5. The van der Waals surface area contributed by atoms with Crippen molar-refractivity contribution in [3.63, 3.8) is 0 Å². The molecule has 0 bridgehead atoms. The summed E-state index contributed by atoms with van der Waals surface area (Å²) in [5, 5.41) is 2.78. The predicted molar refractivity (Wildman–Crippen MR) is 159 cm³/mol. The lowest BCUT2D eigenvalue weighted by Crippen LogP contribution is -2.33. The third-order valence-electron chi connectivity index (χ3n) is 6.09. The first-order valence-electron chi connectivity index (χ1n) is 13.9. The summed E-state index contributed by atoms with van der Waals surface area (Å²) in [4.78, 5) is 38.2. The first-order valence-corrected chi connectivity index (χ1v) is 13.9. The SMILES string of the molecule is C#Cc1ccccc1CN(C(=O)CCC(=O)NCCOCCOCCOCCOCCC(=O)NN)c1ccccc1C. The van der Waals surface area contributed by atoms with Gasteiger partial charge in [-0.15, -0.1) is 6.42 Å². The first kappa shape index (κ1) is 34.4. The fraction of sp³-hybridized carbons (Fsp3) is 0.452. The quantitative estimate of drug-likeness (QED) is 0.0666. The van der Waals surface area contributed by atoms with E-state index in [2.05, 4.69) is 11.2 Å². The van der Waals surface area contributed by atoms with Crippen LogP contribution in [0, 0.1) is 19.3 Å². The smallest absolute Gasteiger partial charge is 0.236 e. The minimum atomic E-state index is -0.276. The van der Waals surface area contributed by atoms with Gasteiger partial charge in [0.15, 0.2) is 0 Å². The Morgan fingerprint density at radius 1 is 0.786 bits per heavy atom. The number of hydrogen-bond acceptors (Lipinski definition) is 8. The highest BCUT2D eigenvalue weighted by Gasteiger charge is 2.20. The van der Waals surface area contributed by atoms with Crippen LogP contribution in [0.3, 0.4) is 0 Å². The molecule has 0 saturated carbocycles. The number of carbonyl (C=O) groups is 3. The number of nitrogens with zero attached hydrogens (tertiary/aromatic N) is 1. The molecular weight excluding hydrogens is 540 g/mol. The maximum Gasteiger partial charge on any atom is 0.236 e. The first-order chi connectivity index (χ1) is 20.5. The highest BCUT2D eigenvalue weighted by molar-refractivity contribution is 5.96. The number of amides is 3. The third kappa shape index (κ3) is 13.7. The number of anilines is 1. The summed E-state index contributed by atoms with van der Waals surface area (Å²) in [6, 6.07) is 15.2. The van der Waals surface area contributed by atoms with Crippen LogP contribution in [0.5, 0.6) is 0 Å². The molecule has 0 unspecified atom stereocenters. The molecule has 0 heterocycles. The monoisotopic (exact) mass is 582 g/mol. The van der Waals surface area contributed by atoms with Crippen molar-refractivity contribution in [2.45, 2.75) is 32.7 Å². The van der Waals surface area contributed by atoms with Gasteiger partial charge < -0.3 is 29.2 Å². The second-order valence-electron chi connectivity index (χ2n) is 9.18. The summed E-state index contributed by atoms with van der Waals surface area (Å²) in [5.74, 6) is 7.00. The average molecular weight is 583 g/mol. The molecule has 3 amide bonds. The van der Waals surface area contributed by atoms with Crippen LogP contribution in [0.2, 0.25) is 0 Å². The number of aryl methyl sites for hydroxylation is 1. The highest BCUT2D eigenvalue weighted by atomic mass is 16.6. The van der Waals surface area contributed by atoms with E-state index in [1.54, 1.807) is 4.90 Å². The summed E-state index contributed by atoms with van der Waals surface area (Å²) in [6.45, 7) is 5.61. The van der Waals surface area contributed by atoms with Gasteiger partial charge in [0.2, 0.25) is 17.7 Å². The summed E-state index contributed by atoms with van der Waals surface area (Å²) in [6.07, 6.45) is 6.00.